The Morgan fingerprint density at radius 2 is 2.05 bits per heavy atom. The van der Waals surface area contributed by atoms with Gasteiger partial charge in [-0.05, 0) is 18.8 Å². The maximum Gasteiger partial charge on any atom is 0.263 e. The molecule has 0 atom stereocenters. The first-order valence-corrected chi connectivity index (χ1v) is 6.87. The third kappa shape index (κ3) is 4.92. The van der Waals surface area contributed by atoms with Crippen LogP contribution in [0.25, 0.3) is 0 Å². The van der Waals surface area contributed by atoms with Crippen LogP contribution in [0.3, 0.4) is 0 Å². The fraction of sp³-hybridized carbons (Fsp3) is 0.643. The molecule has 1 aliphatic heterocycles. The number of amides is 2. The normalized spacial score (nSPS) is 16.9. The number of carbonyl (C=O) groups excluding carboxylic acids is 2. The highest BCUT2D eigenvalue weighted by molar-refractivity contribution is 5.97. The lowest BCUT2D eigenvalue weighted by Gasteiger charge is -2.29. The van der Waals surface area contributed by atoms with Gasteiger partial charge in [-0.3, -0.25) is 9.59 Å². The van der Waals surface area contributed by atoms with E-state index in [0.717, 1.165) is 0 Å². The molecule has 1 heterocycles. The van der Waals surface area contributed by atoms with Crippen molar-refractivity contribution < 1.29 is 9.59 Å². The second-order valence-electron chi connectivity index (χ2n) is 5.47. The van der Waals surface area contributed by atoms with Crippen molar-refractivity contribution in [1.82, 2.24) is 10.2 Å². The first-order chi connectivity index (χ1) is 9.43. The Morgan fingerprint density at radius 1 is 1.45 bits per heavy atom. The highest BCUT2D eigenvalue weighted by Crippen LogP contribution is 2.17. The molecule has 0 aromatic heterocycles. The molecule has 0 aliphatic carbocycles. The Labute approximate surface area is 119 Å². The van der Waals surface area contributed by atoms with E-state index in [-0.39, 0.29) is 23.3 Å². The Bertz CT molecular complexity index is 429. The van der Waals surface area contributed by atoms with Gasteiger partial charge in [0.05, 0.1) is 0 Å². The number of likely N-dealkylation sites (tertiary alicyclic amines) is 1. The number of nitriles is 1. The van der Waals surface area contributed by atoms with Crippen molar-refractivity contribution in [2.75, 3.05) is 19.6 Å². The average molecular weight is 278 g/mol. The Hall–Kier alpha value is -2.03. The highest BCUT2D eigenvalue weighted by atomic mass is 16.2. The van der Waals surface area contributed by atoms with Gasteiger partial charge in [0.1, 0.15) is 11.6 Å². The molecule has 6 heteroatoms. The second kappa shape index (κ2) is 7.53. The molecular weight excluding hydrogens is 256 g/mol. The Morgan fingerprint density at radius 3 is 2.50 bits per heavy atom. The molecule has 0 spiro atoms. The van der Waals surface area contributed by atoms with Gasteiger partial charge < -0.3 is 16.0 Å². The molecule has 110 valence electrons. The van der Waals surface area contributed by atoms with Gasteiger partial charge in [0, 0.05) is 31.8 Å². The van der Waals surface area contributed by atoms with Crippen LogP contribution < -0.4 is 11.1 Å². The summed E-state index contributed by atoms with van der Waals surface area (Å²) in [6.07, 6.45) is 2.91. The summed E-state index contributed by atoms with van der Waals surface area (Å²) < 4.78 is 0. The molecule has 3 N–H and O–H groups in total. The Balaban J connectivity index is 2.56. The van der Waals surface area contributed by atoms with Gasteiger partial charge in [-0.25, -0.2) is 0 Å². The zero-order chi connectivity index (χ0) is 15.1. The average Bonchev–Trinajstić information content (AvgIpc) is 2.42. The van der Waals surface area contributed by atoms with Crippen molar-refractivity contribution >= 4 is 11.8 Å². The molecule has 20 heavy (non-hydrogen) atoms. The zero-order valence-corrected chi connectivity index (χ0v) is 12.1. The fourth-order valence-corrected chi connectivity index (χ4v) is 2.03. The molecule has 0 aromatic carbocycles. The van der Waals surface area contributed by atoms with Crippen molar-refractivity contribution in [1.29, 1.82) is 5.26 Å². The Kier molecular flexibility index (Phi) is 6.04. The number of hydrogen-bond acceptors (Lipinski definition) is 4. The van der Waals surface area contributed by atoms with E-state index in [4.69, 9.17) is 11.0 Å². The van der Waals surface area contributed by atoms with Crippen LogP contribution in [0.4, 0.5) is 0 Å². The number of nitrogens with zero attached hydrogens (tertiary/aromatic N) is 2. The van der Waals surface area contributed by atoms with Crippen LogP contribution in [-0.4, -0.2) is 36.3 Å². The van der Waals surface area contributed by atoms with E-state index in [2.05, 4.69) is 5.32 Å². The topological polar surface area (TPSA) is 99.2 Å². The summed E-state index contributed by atoms with van der Waals surface area (Å²) in [5.74, 6) is -0.382. The van der Waals surface area contributed by atoms with Crippen molar-refractivity contribution in [3.63, 3.8) is 0 Å². The predicted molar refractivity (Wildman–Crippen MR) is 75.0 cm³/mol. The number of carbonyl (C=O) groups is 2. The van der Waals surface area contributed by atoms with Gasteiger partial charge >= 0.3 is 0 Å². The number of nitrogens with one attached hydrogen (secondary N) is 1. The minimum atomic E-state index is -0.349. The number of hydrogen-bond donors (Lipinski definition) is 2. The summed E-state index contributed by atoms with van der Waals surface area (Å²) in [5, 5.41) is 11.8. The van der Waals surface area contributed by atoms with Crippen LogP contribution in [-0.2, 0) is 9.59 Å². The van der Waals surface area contributed by atoms with Crippen LogP contribution in [0, 0.1) is 23.2 Å². The SMILES string of the molecule is CC(C)CNC(=O)/C(C#N)=C\N1CCC(C(N)=O)CC1. The standard InChI is InChI=1S/C14H22N4O2/c1-10(2)8-17-14(20)12(7-15)9-18-5-3-11(4-6-18)13(16)19/h9-11H,3-6,8H2,1-2H3,(H2,16,19)(H,17,20)/b12-9-. The fourth-order valence-electron chi connectivity index (χ4n) is 2.03. The van der Waals surface area contributed by atoms with Crippen molar-refractivity contribution in [3.05, 3.63) is 11.8 Å². The molecule has 0 unspecified atom stereocenters. The molecule has 6 nitrogen and oxygen atoms in total. The van der Waals surface area contributed by atoms with Gasteiger partial charge in [-0.2, -0.15) is 5.26 Å². The molecule has 2 amide bonds. The lowest BCUT2D eigenvalue weighted by molar-refractivity contribution is -0.123. The number of nitrogens with two attached hydrogens (primary N) is 1. The molecule has 0 radical (unpaired) electrons. The van der Waals surface area contributed by atoms with Crippen LogP contribution in [0.1, 0.15) is 26.7 Å². The predicted octanol–water partition coefficient (Wildman–Crippen LogP) is 0.363. The zero-order valence-electron chi connectivity index (χ0n) is 12.1. The molecule has 0 bridgehead atoms. The first-order valence-electron chi connectivity index (χ1n) is 6.87. The minimum Gasteiger partial charge on any atom is -0.376 e. The molecule has 1 aliphatic rings. The van der Waals surface area contributed by atoms with Gasteiger partial charge in [-0.15, -0.1) is 0 Å². The van der Waals surface area contributed by atoms with E-state index in [1.165, 1.54) is 0 Å². The van der Waals surface area contributed by atoms with E-state index in [1.807, 2.05) is 24.8 Å². The molecule has 0 aromatic rings. The van der Waals surface area contributed by atoms with Crippen LogP contribution >= 0.6 is 0 Å². The summed E-state index contributed by atoms with van der Waals surface area (Å²) in [6.45, 7) is 5.80. The van der Waals surface area contributed by atoms with E-state index in [0.29, 0.717) is 38.4 Å². The van der Waals surface area contributed by atoms with E-state index < -0.39 is 0 Å². The largest absolute Gasteiger partial charge is 0.376 e. The maximum atomic E-state index is 11.8. The molecule has 1 rings (SSSR count). The summed E-state index contributed by atoms with van der Waals surface area (Å²) in [7, 11) is 0. The van der Waals surface area contributed by atoms with Crippen molar-refractivity contribution in [3.8, 4) is 6.07 Å². The highest BCUT2D eigenvalue weighted by Gasteiger charge is 2.22. The van der Waals surface area contributed by atoms with Crippen molar-refractivity contribution in [2.24, 2.45) is 17.6 Å². The third-order valence-corrected chi connectivity index (χ3v) is 3.28. The first kappa shape index (κ1) is 16.0. The summed E-state index contributed by atoms with van der Waals surface area (Å²) in [4.78, 5) is 24.8. The number of piperidine rings is 1. The van der Waals surface area contributed by atoms with Gasteiger partial charge in [-0.1, -0.05) is 13.8 Å². The molecule has 0 saturated carbocycles. The monoisotopic (exact) mass is 278 g/mol. The molecule has 1 fully saturated rings. The lowest BCUT2D eigenvalue weighted by atomic mass is 9.96. The van der Waals surface area contributed by atoms with Gasteiger partial charge in [0.15, 0.2) is 0 Å². The quantitative estimate of drug-likeness (QED) is 0.560. The van der Waals surface area contributed by atoms with Gasteiger partial charge in [0.25, 0.3) is 5.91 Å². The summed E-state index contributed by atoms with van der Waals surface area (Å²) in [6, 6.07) is 1.92. The maximum absolute atomic E-state index is 11.8. The lowest BCUT2D eigenvalue weighted by Crippen LogP contribution is -2.37. The van der Waals surface area contributed by atoms with Gasteiger partial charge in [0.2, 0.25) is 5.91 Å². The van der Waals surface area contributed by atoms with Crippen LogP contribution in [0.15, 0.2) is 11.8 Å². The summed E-state index contributed by atoms with van der Waals surface area (Å²) in [5.41, 5.74) is 5.37. The number of rotatable bonds is 5. The van der Waals surface area contributed by atoms with Crippen molar-refractivity contribution in [2.45, 2.75) is 26.7 Å². The third-order valence-electron chi connectivity index (χ3n) is 3.28. The number of primary amides is 1. The smallest absolute Gasteiger partial charge is 0.263 e. The second-order valence-corrected chi connectivity index (χ2v) is 5.47. The van der Waals surface area contributed by atoms with Crippen LogP contribution in [0.2, 0.25) is 0 Å². The molecular formula is C14H22N4O2. The van der Waals surface area contributed by atoms with E-state index in [1.54, 1.807) is 6.20 Å². The molecule has 1 saturated heterocycles. The van der Waals surface area contributed by atoms with E-state index in [9.17, 15) is 9.59 Å². The van der Waals surface area contributed by atoms with E-state index >= 15 is 0 Å². The summed E-state index contributed by atoms with van der Waals surface area (Å²) >= 11 is 0. The van der Waals surface area contributed by atoms with Crippen LogP contribution in [0.5, 0.6) is 0 Å². The minimum absolute atomic E-state index is 0.0973.